The molecule has 0 aliphatic rings. The average molecular weight is 220 g/mol. The number of aryl methyl sites for hydroxylation is 1. The van der Waals surface area contributed by atoms with Crippen molar-refractivity contribution in [3.63, 3.8) is 0 Å². The van der Waals surface area contributed by atoms with Gasteiger partial charge in [-0.15, -0.1) is 0 Å². The minimum Gasteiger partial charge on any atom is -0.398 e. The van der Waals surface area contributed by atoms with E-state index in [2.05, 4.69) is 12.2 Å². The fourth-order valence-electron chi connectivity index (χ4n) is 1.46. The van der Waals surface area contributed by atoms with Gasteiger partial charge in [-0.25, -0.2) is 0 Å². The summed E-state index contributed by atoms with van der Waals surface area (Å²) < 4.78 is 0. The molecule has 1 rings (SSSR count). The van der Waals surface area contributed by atoms with Crippen molar-refractivity contribution in [2.45, 2.75) is 26.7 Å². The monoisotopic (exact) mass is 220 g/mol. The van der Waals surface area contributed by atoms with Gasteiger partial charge >= 0.3 is 0 Å². The number of ketones is 1. The van der Waals surface area contributed by atoms with Gasteiger partial charge in [0, 0.05) is 24.2 Å². The maximum absolute atomic E-state index is 11.8. The van der Waals surface area contributed by atoms with Crippen molar-refractivity contribution in [2.75, 3.05) is 18.8 Å². The lowest BCUT2D eigenvalue weighted by Gasteiger charge is -2.05. The Labute approximate surface area is 97.0 Å². The highest BCUT2D eigenvalue weighted by Crippen LogP contribution is 2.14. The maximum Gasteiger partial charge on any atom is 0.164 e. The summed E-state index contributed by atoms with van der Waals surface area (Å²) in [5.74, 6) is 0.148. The summed E-state index contributed by atoms with van der Waals surface area (Å²) >= 11 is 0. The van der Waals surface area contributed by atoms with Crippen molar-refractivity contribution in [2.24, 2.45) is 0 Å². The Morgan fingerprint density at radius 3 is 2.75 bits per heavy atom. The fraction of sp³-hybridized carbons (Fsp3) is 0.462. The fourth-order valence-corrected chi connectivity index (χ4v) is 1.46. The van der Waals surface area contributed by atoms with Crippen molar-refractivity contribution >= 4 is 11.5 Å². The van der Waals surface area contributed by atoms with Crippen LogP contribution < -0.4 is 11.1 Å². The predicted octanol–water partition coefficient (Wildman–Crippen LogP) is 2.15. The van der Waals surface area contributed by atoms with Crippen LogP contribution in [0.4, 0.5) is 5.69 Å². The molecule has 0 aliphatic carbocycles. The van der Waals surface area contributed by atoms with E-state index in [0.717, 1.165) is 25.1 Å². The van der Waals surface area contributed by atoms with Gasteiger partial charge in [-0.2, -0.15) is 0 Å². The number of anilines is 1. The van der Waals surface area contributed by atoms with Crippen LogP contribution in [-0.2, 0) is 0 Å². The third-order valence-electron chi connectivity index (χ3n) is 2.56. The Kier molecular flexibility index (Phi) is 4.99. The summed E-state index contributed by atoms with van der Waals surface area (Å²) in [7, 11) is 0. The molecule has 0 amide bonds. The molecule has 1 aromatic rings. The number of rotatable bonds is 6. The number of nitrogens with one attached hydrogen (secondary N) is 1. The third kappa shape index (κ3) is 3.66. The largest absolute Gasteiger partial charge is 0.398 e. The van der Waals surface area contributed by atoms with E-state index >= 15 is 0 Å². The minimum atomic E-state index is 0.148. The molecule has 0 atom stereocenters. The van der Waals surface area contributed by atoms with Crippen LogP contribution in [0.1, 0.15) is 35.7 Å². The van der Waals surface area contributed by atoms with E-state index in [1.54, 1.807) is 6.07 Å². The molecule has 0 aliphatic heterocycles. The second kappa shape index (κ2) is 6.28. The molecular formula is C13H20N2O. The molecule has 88 valence electrons. The molecular weight excluding hydrogens is 200 g/mol. The molecule has 0 heterocycles. The van der Waals surface area contributed by atoms with Gasteiger partial charge in [0.2, 0.25) is 0 Å². The molecule has 0 fully saturated rings. The number of hydrogen-bond donors (Lipinski definition) is 2. The standard InChI is InChI=1S/C13H20N2O/c1-3-7-15-8-6-13(16)11-5-4-10(2)12(14)9-11/h4-5,9,15H,3,6-8,14H2,1-2H3. The predicted molar refractivity (Wildman–Crippen MR) is 67.7 cm³/mol. The second-order valence-corrected chi connectivity index (χ2v) is 3.99. The first kappa shape index (κ1) is 12.7. The molecule has 0 saturated heterocycles. The normalized spacial score (nSPS) is 10.4. The zero-order valence-corrected chi connectivity index (χ0v) is 10.0. The molecule has 3 N–H and O–H groups in total. The first-order valence-corrected chi connectivity index (χ1v) is 5.75. The number of carbonyl (C=O) groups is 1. The Bertz CT molecular complexity index is 361. The Hall–Kier alpha value is -1.35. The summed E-state index contributed by atoms with van der Waals surface area (Å²) in [5.41, 5.74) is 8.18. The third-order valence-corrected chi connectivity index (χ3v) is 2.56. The highest BCUT2D eigenvalue weighted by molar-refractivity contribution is 5.97. The quantitative estimate of drug-likeness (QED) is 0.439. The van der Waals surface area contributed by atoms with Crippen LogP contribution in [0.5, 0.6) is 0 Å². The van der Waals surface area contributed by atoms with Gasteiger partial charge in [0.25, 0.3) is 0 Å². The van der Waals surface area contributed by atoms with E-state index in [4.69, 9.17) is 5.73 Å². The molecule has 0 bridgehead atoms. The number of nitrogens with two attached hydrogens (primary N) is 1. The SMILES string of the molecule is CCCNCCC(=O)c1ccc(C)c(N)c1. The van der Waals surface area contributed by atoms with Gasteiger partial charge < -0.3 is 11.1 Å². The summed E-state index contributed by atoms with van der Waals surface area (Å²) in [6, 6.07) is 5.49. The van der Waals surface area contributed by atoms with Crippen LogP contribution >= 0.6 is 0 Å². The van der Waals surface area contributed by atoms with E-state index in [1.807, 2.05) is 19.1 Å². The van der Waals surface area contributed by atoms with Crippen LogP contribution in [0, 0.1) is 6.92 Å². The van der Waals surface area contributed by atoms with E-state index in [-0.39, 0.29) is 5.78 Å². The van der Waals surface area contributed by atoms with Gasteiger partial charge in [0.05, 0.1) is 0 Å². The number of carbonyl (C=O) groups excluding carboxylic acids is 1. The summed E-state index contributed by atoms with van der Waals surface area (Å²) in [6.45, 7) is 5.74. The lowest BCUT2D eigenvalue weighted by atomic mass is 10.0. The first-order chi connectivity index (χ1) is 7.65. The van der Waals surface area contributed by atoms with E-state index in [0.29, 0.717) is 17.7 Å². The molecule has 0 saturated carbocycles. The van der Waals surface area contributed by atoms with Crippen LogP contribution in [0.2, 0.25) is 0 Å². The molecule has 0 radical (unpaired) electrons. The van der Waals surface area contributed by atoms with Crippen molar-refractivity contribution in [3.8, 4) is 0 Å². The number of nitrogen functional groups attached to an aromatic ring is 1. The maximum atomic E-state index is 11.8. The highest BCUT2D eigenvalue weighted by atomic mass is 16.1. The van der Waals surface area contributed by atoms with Gasteiger partial charge in [-0.3, -0.25) is 4.79 Å². The Balaban J connectivity index is 2.50. The van der Waals surface area contributed by atoms with Crippen LogP contribution in [-0.4, -0.2) is 18.9 Å². The van der Waals surface area contributed by atoms with E-state index in [1.165, 1.54) is 0 Å². The van der Waals surface area contributed by atoms with Crippen LogP contribution in [0.25, 0.3) is 0 Å². The van der Waals surface area contributed by atoms with E-state index in [9.17, 15) is 4.79 Å². The van der Waals surface area contributed by atoms with Gasteiger partial charge in [-0.05, 0) is 31.5 Å². The summed E-state index contributed by atoms with van der Waals surface area (Å²) in [4.78, 5) is 11.8. The van der Waals surface area contributed by atoms with Gasteiger partial charge in [-0.1, -0.05) is 19.1 Å². The molecule has 0 spiro atoms. The molecule has 0 unspecified atom stereocenters. The average Bonchev–Trinajstić information content (AvgIpc) is 2.28. The molecule has 0 aromatic heterocycles. The second-order valence-electron chi connectivity index (χ2n) is 3.99. The minimum absolute atomic E-state index is 0.148. The Morgan fingerprint density at radius 2 is 2.12 bits per heavy atom. The Morgan fingerprint density at radius 1 is 1.38 bits per heavy atom. The number of benzene rings is 1. The molecule has 3 nitrogen and oxygen atoms in total. The van der Waals surface area contributed by atoms with Gasteiger partial charge in [0.1, 0.15) is 0 Å². The summed E-state index contributed by atoms with van der Waals surface area (Å²) in [5, 5.41) is 3.21. The van der Waals surface area contributed by atoms with Crippen molar-refractivity contribution < 1.29 is 4.79 Å². The van der Waals surface area contributed by atoms with Crippen molar-refractivity contribution in [3.05, 3.63) is 29.3 Å². The molecule has 16 heavy (non-hydrogen) atoms. The molecule has 1 aromatic carbocycles. The van der Waals surface area contributed by atoms with E-state index < -0.39 is 0 Å². The topological polar surface area (TPSA) is 55.1 Å². The zero-order valence-electron chi connectivity index (χ0n) is 10.0. The summed E-state index contributed by atoms with van der Waals surface area (Å²) in [6.07, 6.45) is 1.62. The lowest BCUT2D eigenvalue weighted by molar-refractivity contribution is 0.0982. The highest BCUT2D eigenvalue weighted by Gasteiger charge is 2.06. The van der Waals surface area contributed by atoms with Crippen molar-refractivity contribution in [1.82, 2.24) is 5.32 Å². The first-order valence-electron chi connectivity index (χ1n) is 5.75. The number of Topliss-reactive ketones (excluding diaryl/α,β-unsaturated/α-hetero) is 1. The van der Waals surface area contributed by atoms with Crippen LogP contribution in [0.3, 0.4) is 0 Å². The lowest BCUT2D eigenvalue weighted by Crippen LogP contribution is -2.19. The van der Waals surface area contributed by atoms with Crippen molar-refractivity contribution in [1.29, 1.82) is 0 Å². The molecule has 3 heteroatoms. The van der Waals surface area contributed by atoms with Crippen LogP contribution in [0.15, 0.2) is 18.2 Å². The number of hydrogen-bond acceptors (Lipinski definition) is 3. The smallest absolute Gasteiger partial charge is 0.164 e. The van der Waals surface area contributed by atoms with Gasteiger partial charge in [0.15, 0.2) is 5.78 Å². The zero-order chi connectivity index (χ0) is 12.0.